The summed E-state index contributed by atoms with van der Waals surface area (Å²) in [4.78, 5) is 19.3. The van der Waals surface area contributed by atoms with Gasteiger partial charge in [-0.2, -0.15) is 13.2 Å². The van der Waals surface area contributed by atoms with Gasteiger partial charge in [-0.05, 0) is 55.5 Å². The van der Waals surface area contributed by atoms with Crippen molar-refractivity contribution in [2.75, 3.05) is 19.7 Å². The highest BCUT2D eigenvalue weighted by molar-refractivity contribution is 5.73. The van der Waals surface area contributed by atoms with Crippen LogP contribution in [0.15, 0.2) is 54.6 Å². The number of carbonyl (C=O) groups is 2. The number of nitrogens with one attached hydrogen (secondary N) is 1. The molecule has 0 aliphatic rings. The second kappa shape index (κ2) is 18.2. The number of aliphatic carboxylic acids is 2. The van der Waals surface area contributed by atoms with Gasteiger partial charge in [-0.25, -0.2) is 4.79 Å². The van der Waals surface area contributed by atoms with Gasteiger partial charge in [0.1, 0.15) is 5.75 Å². The Bertz CT molecular complexity index is 858. The average Bonchev–Trinajstić information content (AvgIpc) is 2.84. The van der Waals surface area contributed by atoms with Gasteiger partial charge in [-0.1, -0.05) is 68.1 Å². The highest BCUT2D eigenvalue weighted by atomic mass is 19.4. The number of ether oxygens (including phenoxy) is 1. The lowest BCUT2D eigenvalue weighted by molar-refractivity contribution is -0.192. The Morgan fingerprint density at radius 2 is 1.31 bits per heavy atom. The van der Waals surface area contributed by atoms with Crippen molar-refractivity contribution >= 4 is 11.9 Å². The molecular weight excluding hydrogens is 475 g/mol. The van der Waals surface area contributed by atoms with Gasteiger partial charge in [0.2, 0.25) is 0 Å². The molecule has 0 fully saturated rings. The Hall–Kier alpha value is -3.07. The lowest BCUT2D eigenvalue weighted by Gasteiger charge is -2.08. The molecule has 2 aromatic rings. The van der Waals surface area contributed by atoms with Crippen molar-refractivity contribution in [1.82, 2.24) is 5.32 Å². The Balaban J connectivity index is 0.000000809. The first-order valence-electron chi connectivity index (χ1n) is 12.2. The summed E-state index contributed by atoms with van der Waals surface area (Å²) in [6, 6.07) is 18.9. The fraction of sp³-hybridized carbons (Fsp3) is 0.481. The van der Waals surface area contributed by atoms with Crippen molar-refractivity contribution in [2.45, 2.75) is 64.0 Å². The predicted octanol–water partition coefficient (Wildman–Crippen LogP) is 5.89. The highest BCUT2D eigenvalue weighted by Gasteiger charge is 2.38. The van der Waals surface area contributed by atoms with E-state index in [1.54, 1.807) is 0 Å². The van der Waals surface area contributed by atoms with Crippen LogP contribution in [0.1, 0.15) is 56.1 Å². The van der Waals surface area contributed by atoms with Crippen LogP contribution in [-0.2, 0) is 22.4 Å². The van der Waals surface area contributed by atoms with Crippen LogP contribution in [0.2, 0.25) is 0 Å². The molecule has 200 valence electrons. The lowest BCUT2D eigenvalue weighted by atomic mass is 10.1. The van der Waals surface area contributed by atoms with Crippen molar-refractivity contribution in [3.05, 3.63) is 65.7 Å². The zero-order valence-corrected chi connectivity index (χ0v) is 20.4. The number of carboxylic acid groups (broad SMARTS) is 2. The van der Waals surface area contributed by atoms with Gasteiger partial charge in [0.05, 0.1) is 13.0 Å². The van der Waals surface area contributed by atoms with Crippen molar-refractivity contribution in [3.8, 4) is 5.75 Å². The van der Waals surface area contributed by atoms with Gasteiger partial charge < -0.3 is 20.3 Å². The van der Waals surface area contributed by atoms with Gasteiger partial charge in [0, 0.05) is 6.54 Å². The molecule has 2 aromatic carbocycles. The first-order valence-corrected chi connectivity index (χ1v) is 12.2. The largest absolute Gasteiger partial charge is 0.494 e. The van der Waals surface area contributed by atoms with Crippen LogP contribution in [0, 0.1) is 0 Å². The fourth-order valence-corrected chi connectivity index (χ4v) is 3.28. The van der Waals surface area contributed by atoms with Crippen LogP contribution in [0.3, 0.4) is 0 Å². The number of alkyl halides is 3. The van der Waals surface area contributed by atoms with Crippen molar-refractivity contribution in [3.63, 3.8) is 0 Å². The lowest BCUT2D eigenvalue weighted by Crippen LogP contribution is -2.21. The fourth-order valence-electron chi connectivity index (χ4n) is 3.28. The molecule has 2 rings (SSSR count). The molecule has 0 bridgehead atoms. The molecule has 3 N–H and O–H groups in total. The van der Waals surface area contributed by atoms with Crippen LogP contribution in [0.25, 0.3) is 0 Å². The first-order chi connectivity index (χ1) is 17.2. The Labute approximate surface area is 210 Å². The minimum Gasteiger partial charge on any atom is -0.494 e. The minimum absolute atomic E-state index is 0.167. The molecule has 0 atom stereocenters. The normalized spacial score (nSPS) is 10.9. The summed E-state index contributed by atoms with van der Waals surface area (Å²) in [7, 11) is 0. The molecule has 0 radical (unpaired) electrons. The van der Waals surface area contributed by atoms with E-state index in [9.17, 15) is 18.0 Å². The van der Waals surface area contributed by atoms with E-state index in [1.165, 1.54) is 49.7 Å². The topological polar surface area (TPSA) is 95.9 Å². The zero-order chi connectivity index (χ0) is 26.7. The van der Waals surface area contributed by atoms with Gasteiger partial charge >= 0.3 is 18.1 Å². The molecule has 36 heavy (non-hydrogen) atoms. The van der Waals surface area contributed by atoms with E-state index in [2.05, 4.69) is 47.8 Å². The molecule has 0 unspecified atom stereocenters. The Morgan fingerprint density at radius 1 is 0.750 bits per heavy atom. The summed E-state index contributed by atoms with van der Waals surface area (Å²) >= 11 is 0. The summed E-state index contributed by atoms with van der Waals surface area (Å²) in [5.74, 6) is -2.59. The monoisotopic (exact) mass is 511 g/mol. The molecule has 0 saturated heterocycles. The molecule has 9 heteroatoms. The van der Waals surface area contributed by atoms with Gasteiger partial charge in [0.15, 0.2) is 0 Å². The van der Waals surface area contributed by atoms with Crippen molar-refractivity contribution in [2.24, 2.45) is 0 Å². The Morgan fingerprint density at radius 3 is 1.89 bits per heavy atom. The van der Waals surface area contributed by atoms with Gasteiger partial charge in [-0.3, -0.25) is 4.79 Å². The number of hydrogen-bond donors (Lipinski definition) is 3. The summed E-state index contributed by atoms with van der Waals surface area (Å²) in [5.41, 5.74) is 2.68. The number of rotatable bonds is 16. The molecule has 6 nitrogen and oxygen atoms in total. The van der Waals surface area contributed by atoms with E-state index in [1.807, 2.05) is 12.1 Å². The van der Waals surface area contributed by atoms with E-state index >= 15 is 0 Å². The highest BCUT2D eigenvalue weighted by Crippen LogP contribution is 2.15. The van der Waals surface area contributed by atoms with E-state index in [-0.39, 0.29) is 6.42 Å². The number of aryl methyl sites for hydroxylation is 1. The third kappa shape index (κ3) is 16.5. The number of carboxylic acids is 2. The zero-order valence-electron chi connectivity index (χ0n) is 20.4. The average molecular weight is 512 g/mol. The number of halogens is 3. The molecule has 0 heterocycles. The van der Waals surface area contributed by atoms with Gasteiger partial charge in [0.25, 0.3) is 0 Å². The quantitative estimate of drug-likeness (QED) is 0.243. The van der Waals surface area contributed by atoms with Gasteiger partial charge in [-0.15, -0.1) is 0 Å². The van der Waals surface area contributed by atoms with Crippen LogP contribution in [-0.4, -0.2) is 48.0 Å². The molecular formula is C27H36F3NO5. The van der Waals surface area contributed by atoms with Crippen LogP contribution < -0.4 is 10.1 Å². The Kier molecular flexibility index (Phi) is 15.7. The molecule has 0 aliphatic heterocycles. The van der Waals surface area contributed by atoms with E-state index in [4.69, 9.17) is 19.7 Å². The molecule has 0 spiro atoms. The standard InChI is InChI=1S/C25H35NO3.C2HF3O2/c27-25(28)18-20-26-19-17-23-13-15-24(16-14-23)29-21-9-4-2-1-3-6-10-22-11-7-5-8-12-22;3-2(4,5)1(6)7/h5,7-8,11-16,26H,1-4,6,9-10,17-21H2,(H,27,28);(H,6,7). The summed E-state index contributed by atoms with van der Waals surface area (Å²) in [6.45, 7) is 2.09. The first kappa shape index (κ1) is 31.0. The minimum atomic E-state index is -5.08. The van der Waals surface area contributed by atoms with Crippen LogP contribution in [0.4, 0.5) is 13.2 Å². The molecule has 0 aromatic heterocycles. The van der Waals surface area contributed by atoms with E-state index in [0.29, 0.717) is 6.54 Å². The number of hydrogen-bond acceptors (Lipinski definition) is 4. The van der Waals surface area contributed by atoms with E-state index < -0.39 is 18.1 Å². The summed E-state index contributed by atoms with van der Waals surface area (Å²) < 4.78 is 37.6. The predicted molar refractivity (Wildman–Crippen MR) is 132 cm³/mol. The van der Waals surface area contributed by atoms with Crippen LogP contribution >= 0.6 is 0 Å². The molecule has 0 aliphatic carbocycles. The maximum atomic E-state index is 10.6. The number of unbranched alkanes of at least 4 members (excludes halogenated alkanes) is 5. The maximum Gasteiger partial charge on any atom is 0.490 e. The smallest absolute Gasteiger partial charge is 0.490 e. The second-order valence-corrected chi connectivity index (χ2v) is 8.30. The van der Waals surface area contributed by atoms with Crippen molar-refractivity contribution < 1.29 is 37.7 Å². The SMILES string of the molecule is O=C(O)C(F)(F)F.O=C(O)CCNCCc1ccc(OCCCCCCCCc2ccccc2)cc1. The third-order valence-electron chi connectivity index (χ3n) is 5.24. The number of benzene rings is 2. The summed E-state index contributed by atoms with van der Waals surface area (Å²) in [6.07, 6.45) is 4.68. The maximum absolute atomic E-state index is 10.6. The summed E-state index contributed by atoms with van der Waals surface area (Å²) in [5, 5.41) is 18.9. The van der Waals surface area contributed by atoms with Crippen LogP contribution in [0.5, 0.6) is 5.75 Å². The van der Waals surface area contributed by atoms with E-state index in [0.717, 1.165) is 31.7 Å². The second-order valence-electron chi connectivity index (χ2n) is 8.30. The third-order valence-corrected chi connectivity index (χ3v) is 5.24. The van der Waals surface area contributed by atoms with Crippen molar-refractivity contribution in [1.29, 1.82) is 0 Å². The molecule has 0 saturated carbocycles. The molecule has 0 amide bonds.